The van der Waals surface area contributed by atoms with Gasteiger partial charge in [-0.2, -0.15) is 0 Å². The Hall–Kier alpha value is -1.96. The second kappa shape index (κ2) is 10.9. The van der Waals surface area contributed by atoms with Crippen LogP contribution in [0, 0.1) is 0 Å². The second-order valence-electron chi connectivity index (χ2n) is 6.91. The fourth-order valence-corrected chi connectivity index (χ4v) is 3.05. The van der Waals surface area contributed by atoms with Crippen LogP contribution in [0.15, 0.2) is 54.4 Å². The minimum Gasteiger partial charge on any atom is -0.209 e. The summed E-state index contributed by atoms with van der Waals surface area (Å²) in [5.41, 5.74) is 3.79. The first kappa shape index (κ1) is 20.4. The molecule has 0 atom stereocenters. The third-order valence-corrected chi connectivity index (χ3v) is 4.73. The zero-order valence-electron chi connectivity index (χ0n) is 16.0. The lowest BCUT2D eigenvalue weighted by atomic mass is 10.00. The van der Waals surface area contributed by atoms with Crippen LogP contribution in [0.5, 0.6) is 0 Å². The number of aryl methyl sites for hydroxylation is 1. The molecule has 0 N–H and O–H groups in total. The van der Waals surface area contributed by atoms with Gasteiger partial charge in [-0.05, 0) is 36.0 Å². The van der Waals surface area contributed by atoms with Gasteiger partial charge in [0.1, 0.15) is 5.83 Å². The van der Waals surface area contributed by atoms with Crippen molar-refractivity contribution in [3.63, 3.8) is 0 Å². The summed E-state index contributed by atoms with van der Waals surface area (Å²) < 4.78 is 28.1. The van der Waals surface area contributed by atoms with Crippen LogP contribution < -0.4 is 0 Å². The van der Waals surface area contributed by atoms with Gasteiger partial charge in [-0.1, -0.05) is 88.1 Å². The highest BCUT2D eigenvalue weighted by atomic mass is 19.2. The summed E-state index contributed by atoms with van der Waals surface area (Å²) in [7, 11) is 0. The Morgan fingerprint density at radius 3 is 1.81 bits per heavy atom. The van der Waals surface area contributed by atoms with E-state index in [4.69, 9.17) is 0 Å². The molecule has 0 fully saturated rings. The maximum absolute atomic E-state index is 14.2. The molecular weight excluding hydrogens is 326 g/mol. The summed E-state index contributed by atoms with van der Waals surface area (Å²) in [6.45, 7) is 4.26. The summed E-state index contributed by atoms with van der Waals surface area (Å²) >= 11 is 0. The van der Waals surface area contributed by atoms with Crippen LogP contribution in [-0.2, 0) is 6.42 Å². The number of hydrogen-bond donors (Lipinski definition) is 0. The highest BCUT2D eigenvalue weighted by Crippen LogP contribution is 2.28. The van der Waals surface area contributed by atoms with Crippen LogP contribution in [0.3, 0.4) is 0 Å². The molecule has 2 heteroatoms. The predicted octanol–water partition coefficient (Wildman–Crippen LogP) is 8.27. The Morgan fingerprint density at radius 1 is 0.692 bits per heavy atom. The van der Waals surface area contributed by atoms with Gasteiger partial charge in [0, 0.05) is 12.0 Å². The molecule has 2 aromatic carbocycles. The summed E-state index contributed by atoms with van der Waals surface area (Å²) in [6.07, 6.45) is 7.63. The monoisotopic (exact) mass is 356 g/mol. The van der Waals surface area contributed by atoms with Crippen molar-refractivity contribution in [1.29, 1.82) is 0 Å². The SMILES string of the molecule is CCCCCC(F)=C(F)c1ccc(-c2ccc(CCCCC)cc2)cc1. The number of halogens is 2. The Morgan fingerprint density at radius 2 is 1.23 bits per heavy atom. The molecule has 2 rings (SSSR count). The van der Waals surface area contributed by atoms with E-state index in [-0.39, 0.29) is 6.42 Å². The van der Waals surface area contributed by atoms with Crippen LogP contribution in [0.4, 0.5) is 8.78 Å². The molecule has 140 valence electrons. The second-order valence-corrected chi connectivity index (χ2v) is 6.91. The highest BCUT2D eigenvalue weighted by molar-refractivity contribution is 5.68. The van der Waals surface area contributed by atoms with E-state index in [1.807, 2.05) is 12.1 Å². The molecule has 0 radical (unpaired) electrons. The quantitative estimate of drug-likeness (QED) is 0.376. The Labute approximate surface area is 157 Å². The van der Waals surface area contributed by atoms with E-state index in [1.54, 1.807) is 12.1 Å². The van der Waals surface area contributed by atoms with Crippen molar-refractivity contribution in [1.82, 2.24) is 0 Å². The molecule has 0 amide bonds. The van der Waals surface area contributed by atoms with Crippen molar-refractivity contribution in [2.75, 3.05) is 0 Å². The first-order chi connectivity index (χ1) is 12.7. The topological polar surface area (TPSA) is 0 Å². The molecule has 26 heavy (non-hydrogen) atoms. The average Bonchev–Trinajstić information content (AvgIpc) is 2.68. The van der Waals surface area contributed by atoms with Gasteiger partial charge in [0.2, 0.25) is 0 Å². The van der Waals surface area contributed by atoms with Crippen molar-refractivity contribution in [2.24, 2.45) is 0 Å². The van der Waals surface area contributed by atoms with Gasteiger partial charge in [0.25, 0.3) is 0 Å². The minimum atomic E-state index is -0.723. The Bertz CT molecular complexity index is 681. The van der Waals surface area contributed by atoms with Crippen LogP contribution in [0.2, 0.25) is 0 Å². The van der Waals surface area contributed by atoms with E-state index in [0.717, 1.165) is 30.4 Å². The van der Waals surface area contributed by atoms with Crippen molar-refractivity contribution in [3.8, 4) is 11.1 Å². The smallest absolute Gasteiger partial charge is 0.161 e. The van der Waals surface area contributed by atoms with E-state index in [9.17, 15) is 8.78 Å². The van der Waals surface area contributed by atoms with Crippen molar-refractivity contribution >= 4 is 5.83 Å². The number of benzene rings is 2. The van der Waals surface area contributed by atoms with E-state index in [2.05, 4.69) is 38.1 Å². The van der Waals surface area contributed by atoms with Crippen molar-refractivity contribution < 1.29 is 8.78 Å². The van der Waals surface area contributed by atoms with Gasteiger partial charge in [0.15, 0.2) is 5.83 Å². The predicted molar refractivity (Wildman–Crippen MR) is 108 cm³/mol. The molecule has 0 saturated carbocycles. The average molecular weight is 357 g/mol. The molecule has 0 aliphatic heterocycles. The maximum atomic E-state index is 14.2. The van der Waals surface area contributed by atoms with Crippen molar-refractivity contribution in [2.45, 2.75) is 65.2 Å². The molecule has 0 aromatic heterocycles. The van der Waals surface area contributed by atoms with Gasteiger partial charge in [-0.25, -0.2) is 8.78 Å². The third kappa shape index (κ3) is 6.09. The van der Waals surface area contributed by atoms with Gasteiger partial charge < -0.3 is 0 Å². The molecule has 0 heterocycles. The fourth-order valence-electron chi connectivity index (χ4n) is 3.05. The molecule has 0 bridgehead atoms. The molecule has 0 nitrogen and oxygen atoms in total. The summed E-state index contributed by atoms with van der Waals surface area (Å²) in [5.74, 6) is -1.36. The van der Waals surface area contributed by atoms with Crippen LogP contribution in [-0.4, -0.2) is 0 Å². The van der Waals surface area contributed by atoms with Gasteiger partial charge >= 0.3 is 0 Å². The molecule has 0 spiro atoms. The molecule has 0 saturated heterocycles. The molecule has 2 aromatic rings. The molecule has 0 aliphatic carbocycles. The largest absolute Gasteiger partial charge is 0.209 e. The fraction of sp³-hybridized carbons (Fsp3) is 0.417. The van der Waals surface area contributed by atoms with Crippen LogP contribution in [0.25, 0.3) is 17.0 Å². The maximum Gasteiger partial charge on any atom is 0.161 e. The number of unbranched alkanes of at least 4 members (excludes halogenated alkanes) is 4. The van der Waals surface area contributed by atoms with Gasteiger partial charge in [0.05, 0.1) is 0 Å². The zero-order valence-corrected chi connectivity index (χ0v) is 16.0. The van der Waals surface area contributed by atoms with E-state index >= 15 is 0 Å². The Balaban J connectivity index is 2.03. The normalized spacial score (nSPS) is 12.2. The van der Waals surface area contributed by atoms with Crippen LogP contribution in [0.1, 0.15) is 69.9 Å². The van der Waals surface area contributed by atoms with Crippen molar-refractivity contribution in [3.05, 3.63) is 65.5 Å². The first-order valence-electron chi connectivity index (χ1n) is 9.89. The van der Waals surface area contributed by atoms with E-state index < -0.39 is 11.7 Å². The lowest BCUT2D eigenvalue weighted by Crippen LogP contribution is -1.87. The summed E-state index contributed by atoms with van der Waals surface area (Å²) in [6, 6.07) is 15.6. The lowest BCUT2D eigenvalue weighted by molar-refractivity contribution is 0.541. The highest BCUT2D eigenvalue weighted by Gasteiger charge is 2.09. The van der Waals surface area contributed by atoms with Gasteiger partial charge in [-0.3, -0.25) is 0 Å². The molecule has 0 aliphatic rings. The molecule has 0 unspecified atom stereocenters. The summed E-state index contributed by atoms with van der Waals surface area (Å²) in [5, 5.41) is 0. The third-order valence-electron chi connectivity index (χ3n) is 4.73. The first-order valence-corrected chi connectivity index (χ1v) is 9.89. The minimum absolute atomic E-state index is 0.181. The van der Waals surface area contributed by atoms with Gasteiger partial charge in [-0.15, -0.1) is 0 Å². The lowest BCUT2D eigenvalue weighted by Gasteiger charge is -2.06. The van der Waals surface area contributed by atoms with E-state index in [0.29, 0.717) is 12.0 Å². The number of allylic oxidation sites excluding steroid dienone is 1. The zero-order chi connectivity index (χ0) is 18.8. The van der Waals surface area contributed by atoms with E-state index in [1.165, 1.54) is 24.8 Å². The summed E-state index contributed by atoms with van der Waals surface area (Å²) in [4.78, 5) is 0. The van der Waals surface area contributed by atoms with Crippen LogP contribution >= 0.6 is 0 Å². The number of rotatable bonds is 10. The molecular formula is C24H30F2. The number of hydrogen-bond acceptors (Lipinski definition) is 0. The standard InChI is InChI=1S/C24H30F2/c1-3-5-7-9-19-11-13-20(14-12-19)21-15-17-22(18-16-21)24(26)23(25)10-8-6-4-2/h11-18H,3-10H2,1-2H3. The Kier molecular flexibility index (Phi) is 8.53.